The fraction of sp³-hybridized carbons (Fsp3) is 0.382. The average molecular weight is 550 g/mol. The Hall–Kier alpha value is -4.15. The van der Waals surface area contributed by atoms with Gasteiger partial charge in [-0.25, -0.2) is 9.78 Å². The summed E-state index contributed by atoms with van der Waals surface area (Å²) >= 11 is 0. The summed E-state index contributed by atoms with van der Waals surface area (Å²) in [5, 5.41) is 14.7. The van der Waals surface area contributed by atoms with Gasteiger partial charge in [0, 0.05) is 49.2 Å². The number of imidazole rings is 1. The monoisotopic (exact) mass is 549 g/mol. The number of carbonyl (C=O) groups is 1. The number of piperidine rings is 1. The van der Waals surface area contributed by atoms with Gasteiger partial charge in [0.25, 0.3) is 0 Å². The lowest BCUT2D eigenvalue weighted by molar-refractivity contribution is 0.0477. The maximum absolute atomic E-state index is 12.2. The summed E-state index contributed by atoms with van der Waals surface area (Å²) in [6.07, 6.45) is 3.36. The zero-order valence-corrected chi connectivity index (χ0v) is 24.9. The summed E-state index contributed by atoms with van der Waals surface area (Å²) in [5.41, 5.74) is 8.08. The number of aromatic nitrogens is 2. The molecule has 0 bridgehead atoms. The first-order valence-electron chi connectivity index (χ1n) is 14.3. The van der Waals surface area contributed by atoms with Crippen LogP contribution in [0, 0.1) is 25.2 Å². The number of nitriles is 1. The summed E-state index contributed by atoms with van der Waals surface area (Å²) in [7, 11) is 2.03. The number of carbonyl (C=O) groups excluding carboxylic acids is 1. The normalized spacial score (nSPS) is 14.7. The van der Waals surface area contributed by atoms with Crippen molar-refractivity contribution < 1.29 is 9.53 Å². The van der Waals surface area contributed by atoms with Crippen LogP contribution >= 0.6 is 0 Å². The molecule has 0 aliphatic carbocycles. The van der Waals surface area contributed by atoms with E-state index in [1.165, 1.54) is 16.7 Å². The topological polar surface area (TPSA) is 83.2 Å². The summed E-state index contributed by atoms with van der Waals surface area (Å²) in [5.74, 6) is 0. The minimum absolute atomic E-state index is 0.146. The predicted molar refractivity (Wildman–Crippen MR) is 163 cm³/mol. The molecule has 0 spiro atoms. The van der Waals surface area contributed by atoms with Crippen molar-refractivity contribution in [2.75, 3.05) is 13.1 Å². The number of hydrogen-bond acceptors (Lipinski definition) is 5. The Labute approximate surface area is 242 Å². The number of ether oxygens (including phenoxy) is 1. The van der Waals surface area contributed by atoms with Gasteiger partial charge in [0.2, 0.25) is 0 Å². The molecule has 1 saturated heterocycles. The van der Waals surface area contributed by atoms with Crippen molar-refractivity contribution in [2.45, 2.75) is 65.6 Å². The SMILES string of the molecule is Cc1cc(CN2CCC(NC(=O)OC(C)(C)C)CC2)cc(C)c1-c1ncn(C)c1-c1ccc(C#N)c2ccccc12. The van der Waals surface area contributed by atoms with Crippen LogP contribution in [0.15, 0.2) is 54.9 Å². The molecule has 0 radical (unpaired) electrons. The van der Waals surface area contributed by atoms with Gasteiger partial charge < -0.3 is 14.6 Å². The maximum Gasteiger partial charge on any atom is 0.407 e. The third kappa shape index (κ3) is 6.13. The van der Waals surface area contributed by atoms with Crippen LogP contribution in [-0.4, -0.2) is 45.3 Å². The highest BCUT2D eigenvalue weighted by Gasteiger charge is 2.25. The Kier molecular flexibility index (Phi) is 7.88. The Morgan fingerprint density at radius 3 is 2.37 bits per heavy atom. The molecule has 7 nitrogen and oxygen atoms in total. The molecule has 0 saturated carbocycles. The second-order valence-electron chi connectivity index (χ2n) is 12.2. The molecule has 4 aromatic rings. The van der Waals surface area contributed by atoms with Crippen molar-refractivity contribution in [2.24, 2.45) is 7.05 Å². The van der Waals surface area contributed by atoms with E-state index in [1.54, 1.807) is 0 Å². The average Bonchev–Trinajstić information content (AvgIpc) is 3.28. The largest absolute Gasteiger partial charge is 0.444 e. The Bertz CT molecular complexity index is 1610. The fourth-order valence-electron chi connectivity index (χ4n) is 6.02. The van der Waals surface area contributed by atoms with E-state index < -0.39 is 5.60 Å². The number of aryl methyl sites for hydroxylation is 3. The summed E-state index contributed by atoms with van der Waals surface area (Å²) in [6, 6.07) is 19.1. The minimum Gasteiger partial charge on any atom is -0.444 e. The third-order valence-corrected chi connectivity index (χ3v) is 7.78. The molecule has 0 atom stereocenters. The van der Waals surface area contributed by atoms with E-state index >= 15 is 0 Å². The van der Waals surface area contributed by atoms with E-state index in [1.807, 2.05) is 64.5 Å². The van der Waals surface area contributed by atoms with Crippen LogP contribution in [0.5, 0.6) is 0 Å². The van der Waals surface area contributed by atoms with E-state index in [-0.39, 0.29) is 12.1 Å². The molecule has 0 unspecified atom stereocenters. The highest BCUT2D eigenvalue weighted by atomic mass is 16.6. The molecule has 7 heteroatoms. The number of likely N-dealkylation sites (tertiary alicyclic amines) is 1. The summed E-state index contributed by atoms with van der Waals surface area (Å²) in [4.78, 5) is 19.5. The number of nitrogens with one attached hydrogen (secondary N) is 1. The van der Waals surface area contributed by atoms with Gasteiger partial charge in [-0.15, -0.1) is 0 Å². The number of fused-ring (bicyclic) bond motifs is 1. The second kappa shape index (κ2) is 11.4. The number of hydrogen-bond donors (Lipinski definition) is 1. The van der Waals surface area contributed by atoms with Crippen molar-refractivity contribution in [3.63, 3.8) is 0 Å². The van der Waals surface area contributed by atoms with Gasteiger partial charge in [0.1, 0.15) is 5.60 Å². The summed E-state index contributed by atoms with van der Waals surface area (Å²) < 4.78 is 7.50. The summed E-state index contributed by atoms with van der Waals surface area (Å²) in [6.45, 7) is 12.7. The quantitative estimate of drug-likeness (QED) is 0.293. The van der Waals surface area contributed by atoms with Crippen molar-refractivity contribution in [1.82, 2.24) is 19.8 Å². The molecule has 1 N–H and O–H groups in total. The molecule has 212 valence electrons. The van der Waals surface area contributed by atoms with Gasteiger partial charge in [0.05, 0.1) is 29.3 Å². The predicted octanol–water partition coefficient (Wildman–Crippen LogP) is 6.88. The first kappa shape index (κ1) is 28.4. The fourth-order valence-corrected chi connectivity index (χ4v) is 6.02. The van der Waals surface area contributed by atoms with Crippen molar-refractivity contribution in [3.05, 3.63) is 77.1 Å². The number of rotatable bonds is 5. The van der Waals surface area contributed by atoms with Gasteiger partial charge in [0.15, 0.2) is 0 Å². The van der Waals surface area contributed by atoms with Crippen LogP contribution in [-0.2, 0) is 18.3 Å². The lowest BCUT2D eigenvalue weighted by atomic mass is 9.92. The first-order chi connectivity index (χ1) is 19.5. The van der Waals surface area contributed by atoms with Crippen LogP contribution in [0.4, 0.5) is 4.79 Å². The zero-order valence-electron chi connectivity index (χ0n) is 24.9. The van der Waals surface area contributed by atoms with Gasteiger partial charge in [-0.1, -0.05) is 42.5 Å². The van der Waals surface area contributed by atoms with Gasteiger partial charge in [-0.3, -0.25) is 4.90 Å². The van der Waals surface area contributed by atoms with Crippen molar-refractivity contribution in [1.29, 1.82) is 5.26 Å². The number of benzene rings is 3. The molecule has 1 fully saturated rings. The van der Waals surface area contributed by atoms with E-state index in [2.05, 4.69) is 52.9 Å². The minimum atomic E-state index is -0.488. The first-order valence-corrected chi connectivity index (χ1v) is 14.3. The van der Waals surface area contributed by atoms with Crippen LogP contribution < -0.4 is 5.32 Å². The Morgan fingerprint density at radius 2 is 1.73 bits per heavy atom. The van der Waals surface area contributed by atoms with Crippen LogP contribution in [0.1, 0.15) is 55.9 Å². The Morgan fingerprint density at radius 1 is 1.07 bits per heavy atom. The third-order valence-electron chi connectivity index (χ3n) is 7.78. The molecule has 3 aromatic carbocycles. The molecule has 2 heterocycles. The van der Waals surface area contributed by atoms with E-state index in [4.69, 9.17) is 9.72 Å². The highest BCUT2D eigenvalue weighted by molar-refractivity contribution is 6.01. The zero-order chi connectivity index (χ0) is 29.3. The number of alkyl carbamates (subject to hydrolysis) is 1. The molecule has 1 amide bonds. The van der Waals surface area contributed by atoms with Gasteiger partial charge in [-0.2, -0.15) is 5.26 Å². The van der Waals surface area contributed by atoms with Crippen LogP contribution in [0.3, 0.4) is 0 Å². The van der Waals surface area contributed by atoms with E-state index in [0.29, 0.717) is 5.56 Å². The molecule has 1 aromatic heterocycles. The van der Waals surface area contributed by atoms with Gasteiger partial charge in [-0.05, 0) is 75.6 Å². The molecule has 5 rings (SSSR count). The van der Waals surface area contributed by atoms with E-state index in [0.717, 1.165) is 65.8 Å². The molecular weight excluding hydrogens is 510 g/mol. The van der Waals surface area contributed by atoms with Crippen molar-refractivity contribution in [3.8, 4) is 28.6 Å². The van der Waals surface area contributed by atoms with Crippen LogP contribution in [0.25, 0.3) is 33.3 Å². The van der Waals surface area contributed by atoms with Crippen LogP contribution in [0.2, 0.25) is 0 Å². The molecule has 41 heavy (non-hydrogen) atoms. The Balaban J connectivity index is 1.36. The smallest absolute Gasteiger partial charge is 0.407 e. The lowest BCUT2D eigenvalue weighted by Gasteiger charge is -2.33. The molecular formula is C34H39N5O2. The van der Waals surface area contributed by atoms with E-state index in [9.17, 15) is 10.1 Å². The number of nitrogens with zero attached hydrogens (tertiary/aromatic N) is 4. The highest BCUT2D eigenvalue weighted by Crippen LogP contribution is 2.39. The standard InChI is InChI=1S/C34H39N5O2/c1-22-17-24(20-39-15-13-26(14-16-39)37-33(40)41-34(3,4)5)18-23(2)30(22)31-32(38(6)21-36-31)29-12-11-25(19-35)27-9-7-8-10-28(27)29/h7-12,17-18,21,26H,13-16,20H2,1-6H3,(H,37,40). The second-order valence-corrected chi connectivity index (χ2v) is 12.2. The lowest BCUT2D eigenvalue weighted by Crippen LogP contribution is -2.45. The maximum atomic E-state index is 12.2. The molecule has 1 aliphatic heterocycles. The van der Waals surface area contributed by atoms with Gasteiger partial charge >= 0.3 is 6.09 Å². The number of amides is 1. The van der Waals surface area contributed by atoms with Crippen molar-refractivity contribution >= 4 is 16.9 Å². The molecule has 1 aliphatic rings.